The normalized spacial score (nSPS) is 19.0. The highest BCUT2D eigenvalue weighted by atomic mass is 79.9. The standard InChI is InChI=1S/C25H28BrF3N2O3/c1-15-5-7-16(8-6-15)20-14-31(23(33)34-24(2,3)4)10-9-21(20)30-22(32)17-11-18(25(27,28)29)13-19(26)12-17/h5-8,11-13,20-21H,9-10,14H2,1-4H3,(H,30,32)/t20-,21+/m0/s1. The Labute approximate surface area is 205 Å². The molecule has 1 saturated heterocycles. The summed E-state index contributed by atoms with van der Waals surface area (Å²) in [4.78, 5) is 27.3. The molecule has 2 aromatic carbocycles. The van der Waals surface area contributed by atoms with Gasteiger partial charge in [-0.25, -0.2) is 4.79 Å². The summed E-state index contributed by atoms with van der Waals surface area (Å²) >= 11 is 3.06. The van der Waals surface area contributed by atoms with Gasteiger partial charge in [-0.15, -0.1) is 0 Å². The Kier molecular flexibility index (Phi) is 7.65. The maximum Gasteiger partial charge on any atom is 0.416 e. The highest BCUT2D eigenvalue weighted by molar-refractivity contribution is 9.10. The summed E-state index contributed by atoms with van der Waals surface area (Å²) in [7, 11) is 0. The van der Waals surface area contributed by atoms with Crippen molar-refractivity contribution < 1.29 is 27.5 Å². The van der Waals surface area contributed by atoms with Crippen molar-refractivity contribution in [3.63, 3.8) is 0 Å². The molecule has 3 rings (SSSR count). The van der Waals surface area contributed by atoms with E-state index in [1.54, 1.807) is 25.7 Å². The summed E-state index contributed by atoms with van der Waals surface area (Å²) in [6, 6.07) is 10.6. The van der Waals surface area contributed by atoms with Gasteiger partial charge in [-0.1, -0.05) is 45.8 Å². The predicted octanol–water partition coefficient (Wildman–Crippen LogP) is 6.30. The molecule has 9 heteroatoms. The number of amides is 2. The van der Waals surface area contributed by atoms with Crippen LogP contribution in [0.1, 0.15) is 60.2 Å². The number of halogens is 4. The fourth-order valence-electron chi connectivity index (χ4n) is 3.90. The molecule has 1 fully saturated rings. The molecule has 0 spiro atoms. The van der Waals surface area contributed by atoms with Gasteiger partial charge in [0, 0.05) is 35.1 Å². The number of hydrogen-bond donors (Lipinski definition) is 1. The van der Waals surface area contributed by atoms with Crippen LogP contribution in [0.25, 0.3) is 0 Å². The summed E-state index contributed by atoms with van der Waals surface area (Å²) < 4.78 is 45.3. The first-order chi connectivity index (χ1) is 15.7. The van der Waals surface area contributed by atoms with Crippen LogP contribution in [0, 0.1) is 6.92 Å². The SMILES string of the molecule is Cc1ccc([C@@H]2CN(C(=O)OC(C)(C)C)CC[C@H]2NC(=O)c2cc(Br)cc(C(F)(F)F)c2)cc1. The van der Waals surface area contributed by atoms with Gasteiger partial charge in [0.1, 0.15) is 5.60 Å². The zero-order valence-corrected chi connectivity index (χ0v) is 21.1. The lowest BCUT2D eigenvalue weighted by molar-refractivity contribution is -0.137. The summed E-state index contributed by atoms with van der Waals surface area (Å²) in [6.45, 7) is 8.01. The zero-order valence-electron chi connectivity index (χ0n) is 19.5. The van der Waals surface area contributed by atoms with Crippen LogP contribution in [0.3, 0.4) is 0 Å². The maximum absolute atomic E-state index is 13.2. The van der Waals surface area contributed by atoms with Crippen LogP contribution in [0.4, 0.5) is 18.0 Å². The van der Waals surface area contributed by atoms with E-state index < -0.39 is 29.3 Å². The van der Waals surface area contributed by atoms with Crippen molar-refractivity contribution in [1.82, 2.24) is 10.2 Å². The summed E-state index contributed by atoms with van der Waals surface area (Å²) in [6.07, 6.45) is -4.57. The van der Waals surface area contributed by atoms with E-state index in [2.05, 4.69) is 21.2 Å². The molecule has 0 aromatic heterocycles. The lowest BCUT2D eigenvalue weighted by Crippen LogP contribution is -2.52. The highest BCUT2D eigenvalue weighted by Gasteiger charge is 2.36. The van der Waals surface area contributed by atoms with Crippen LogP contribution in [-0.2, 0) is 10.9 Å². The molecular weight excluding hydrogens is 513 g/mol. The minimum absolute atomic E-state index is 0.0843. The van der Waals surface area contributed by atoms with Crippen LogP contribution in [-0.4, -0.2) is 41.6 Å². The van der Waals surface area contributed by atoms with Crippen LogP contribution in [0.2, 0.25) is 0 Å². The van der Waals surface area contributed by atoms with E-state index in [1.165, 1.54) is 6.07 Å². The van der Waals surface area contributed by atoms with E-state index in [1.807, 2.05) is 31.2 Å². The molecule has 184 valence electrons. The number of rotatable bonds is 3. The number of nitrogens with one attached hydrogen (secondary N) is 1. The molecule has 0 bridgehead atoms. The molecule has 5 nitrogen and oxygen atoms in total. The average Bonchev–Trinajstić information content (AvgIpc) is 2.72. The monoisotopic (exact) mass is 540 g/mol. The Balaban J connectivity index is 1.85. The predicted molar refractivity (Wildman–Crippen MR) is 127 cm³/mol. The minimum Gasteiger partial charge on any atom is -0.444 e. The number of benzene rings is 2. The van der Waals surface area contributed by atoms with Gasteiger partial charge in [-0.3, -0.25) is 4.79 Å². The van der Waals surface area contributed by atoms with Gasteiger partial charge in [0.15, 0.2) is 0 Å². The van der Waals surface area contributed by atoms with E-state index in [4.69, 9.17) is 4.74 Å². The first-order valence-electron chi connectivity index (χ1n) is 11.0. The van der Waals surface area contributed by atoms with Gasteiger partial charge in [0.2, 0.25) is 0 Å². The molecule has 2 atom stereocenters. The minimum atomic E-state index is -4.57. The van der Waals surface area contributed by atoms with Gasteiger partial charge in [-0.2, -0.15) is 13.2 Å². The molecule has 1 aliphatic heterocycles. The zero-order chi connectivity index (χ0) is 25.3. The van der Waals surface area contributed by atoms with Crippen molar-refractivity contribution in [2.75, 3.05) is 13.1 Å². The lowest BCUT2D eigenvalue weighted by Gasteiger charge is -2.39. The first kappa shape index (κ1) is 26.1. The highest BCUT2D eigenvalue weighted by Crippen LogP contribution is 2.33. The van der Waals surface area contributed by atoms with Crippen LogP contribution in [0.5, 0.6) is 0 Å². The summed E-state index contributed by atoms with van der Waals surface area (Å²) in [5.41, 5.74) is 0.367. The molecule has 0 radical (unpaired) electrons. The molecule has 2 aromatic rings. The number of carbonyl (C=O) groups is 2. The van der Waals surface area contributed by atoms with Gasteiger partial charge in [0.25, 0.3) is 5.91 Å². The van der Waals surface area contributed by atoms with Crippen LogP contribution in [0.15, 0.2) is 46.9 Å². The van der Waals surface area contributed by atoms with E-state index >= 15 is 0 Å². The summed E-state index contributed by atoms with van der Waals surface area (Å²) in [5, 5.41) is 2.91. The number of piperidine rings is 1. The largest absolute Gasteiger partial charge is 0.444 e. The van der Waals surface area contributed by atoms with E-state index in [0.717, 1.165) is 23.3 Å². The van der Waals surface area contributed by atoms with Crippen molar-refractivity contribution in [3.8, 4) is 0 Å². The lowest BCUT2D eigenvalue weighted by atomic mass is 9.85. The first-order valence-corrected chi connectivity index (χ1v) is 11.8. The number of aryl methyl sites for hydroxylation is 1. The Morgan fingerprint density at radius 3 is 2.32 bits per heavy atom. The van der Waals surface area contributed by atoms with Crippen molar-refractivity contribution in [2.45, 2.75) is 57.9 Å². The average molecular weight is 541 g/mol. The molecule has 0 saturated carbocycles. The Hall–Kier alpha value is -2.55. The van der Waals surface area contributed by atoms with Crippen molar-refractivity contribution in [2.24, 2.45) is 0 Å². The Morgan fingerprint density at radius 1 is 1.09 bits per heavy atom. The number of ether oxygens (including phenoxy) is 1. The second kappa shape index (κ2) is 9.98. The molecule has 1 N–H and O–H groups in total. The molecule has 1 heterocycles. The molecule has 1 aliphatic rings. The van der Waals surface area contributed by atoms with E-state index in [0.29, 0.717) is 19.5 Å². The number of alkyl halides is 3. The van der Waals surface area contributed by atoms with Crippen LogP contribution < -0.4 is 5.32 Å². The Bertz CT molecular complexity index is 1050. The van der Waals surface area contributed by atoms with E-state index in [9.17, 15) is 22.8 Å². The third kappa shape index (κ3) is 6.74. The van der Waals surface area contributed by atoms with Crippen molar-refractivity contribution in [1.29, 1.82) is 0 Å². The third-order valence-electron chi connectivity index (χ3n) is 5.57. The fraction of sp³-hybridized carbons (Fsp3) is 0.440. The Morgan fingerprint density at radius 2 is 1.74 bits per heavy atom. The second-order valence-corrected chi connectivity index (χ2v) is 10.5. The number of hydrogen-bond acceptors (Lipinski definition) is 3. The fourth-order valence-corrected chi connectivity index (χ4v) is 4.40. The van der Waals surface area contributed by atoms with Gasteiger partial charge in [0.05, 0.1) is 5.56 Å². The molecule has 34 heavy (non-hydrogen) atoms. The smallest absolute Gasteiger partial charge is 0.416 e. The topological polar surface area (TPSA) is 58.6 Å². The molecule has 0 unspecified atom stereocenters. The number of nitrogens with zero attached hydrogens (tertiary/aromatic N) is 1. The van der Waals surface area contributed by atoms with Crippen molar-refractivity contribution >= 4 is 27.9 Å². The summed E-state index contributed by atoms with van der Waals surface area (Å²) in [5.74, 6) is -0.848. The quantitative estimate of drug-likeness (QED) is 0.497. The van der Waals surface area contributed by atoms with Crippen molar-refractivity contribution in [3.05, 3.63) is 69.2 Å². The van der Waals surface area contributed by atoms with Crippen LogP contribution >= 0.6 is 15.9 Å². The van der Waals surface area contributed by atoms with Gasteiger partial charge in [-0.05, 0) is 57.9 Å². The number of carbonyl (C=O) groups excluding carboxylic acids is 2. The van der Waals surface area contributed by atoms with Gasteiger partial charge < -0.3 is 15.0 Å². The molecular formula is C25H28BrF3N2O3. The second-order valence-electron chi connectivity index (χ2n) is 9.54. The molecule has 2 amide bonds. The van der Waals surface area contributed by atoms with Gasteiger partial charge >= 0.3 is 12.3 Å². The number of likely N-dealkylation sites (tertiary alicyclic amines) is 1. The third-order valence-corrected chi connectivity index (χ3v) is 6.03. The van der Waals surface area contributed by atoms with E-state index in [-0.39, 0.29) is 22.0 Å². The maximum atomic E-state index is 13.2. The molecule has 0 aliphatic carbocycles.